The molecule has 23 heavy (non-hydrogen) atoms. The average Bonchev–Trinajstić information content (AvgIpc) is 2.54. The lowest BCUT2D eigenvalue weighted by Gasteiger charge is -2.21. The summed E-state index contributed by atoms with van der Waals surface area (Å²) in [5, 5.41) is 10.6. The second-order valence-corrected chi connectivity index (χ2v) is 5.40. The maximum absolute atomic E-state index is 12.3. The lowest BCUT2D eigenvalue weighted by molar-refractivity contribution is -0.129. The van der Waals surface area contributed by atoms with Gasteiger partial charge in [-0.15, -0.1) is 5.10 Å². The summed E-state index contributed by atoms with van der Waals surface area (Å²) in [5.74, 6) is -1.22. The van der Waals surface area contributed by atoms with E-state index >= 15 is 0 Å². The number of amides is 2. The second kappa shape index (κ2) is 6.99. The van der Waals surface area contributed by atoms with Crippen molar-refractivity contribution in [1.82, 2.24) is 20.3 Å². The maximum atomic E-state index is 12.3. The van der Waals surface area contributed by atoms with E-state index in [0.29, 0.717) is 17.3 Å². The van der Waals surface area contributed by atoms with E-state index in [2.05, 4.69) is 15.6 Å². The molecule has 2 unspecified atom stereocenters. The average molecular weight is 317 g/mol. The molecule has 122 valence electrons. The van der Waals surface area contributed by atoms with Gasteiger partial charge in [0, 0.05) is 0 Å². The molecule has 1 aromatic carbocycles. The van der Waals surface area contributed by atoms with Gasteiger partial charge in [0.05, 0.1) is 5.39 Å². The Morgan fingerprint density at radius 2 is 2.04 bits per heavy atom. The highest BCUT2D eigenvalue weighted by atomic mass is 16.2. The van der Waals surface area contributed by atoms with Gasteiger partial charge in [0.1, 0.15) is 18.1 Å². The Morgan fingerprint density at radius 3 is 2.70 bits per heavy atom. The number of benzene rings is 1. The molecule has 8 nitrogen and oxygen atoms in total. The molecule has 1 heterocycles. The van der Waals surface area contributed by atoms with Gasteiger partial charge in [-0.05, 0) is 18.1 Å². The van der Waals surface area contributed by atoms with Crippen molar-refractivity contribution in [3.63, 3.8) is 0 Å². The minimum atomic E-state index is -0.781. The molecule has 1 aromatic heterocycles. The van der Waals surface area contributed by atoms with Gasteiger partial charge in [-0.25, -0.2) is 4.68 Å². The summed E-state index contributed by atoms with van der Waals surface area (Å²) < 4.78 is 0.965. The SMILES string of the molecule is CCC(C)C(NC(=O)Cn1nnc2ccccc2c1=O)C(N)=O. The number of nitrogens with one attached hydrogen (secondary N) is 1. The molecule has 0 bridgehead atoms. The van der Waals surface area contributed by atoms with Gasteiger partial charge in [0.2, 0.25) is 11.8 Å². The van der Waals surface area contributed by atoms with Crippen molar-refractivity contribution in [1.29, 1.82) is 0 Å². The summed E-state index contributed by atoms with van der Waals surface area (Å²) in [6.07, 6.45) is 0.684. The van der Waals surface area contributed by atoms with Crippen LogP contribution in [-0.2, 0) is 16.1 Å². The number of carbonyl (C=O) groups is 2. The van der Waals surface area contributed by atoms with Gasteiger partial charge in [0.15, 0.2) is 0 Å². The van der Waals surface area contributed by atoms with Crippen LogP contribution in [0, 0.1) is 5.92 Å². The molecule has 0 saturated carbocycles. The number of fused-ring (bicyclic) bond motifs is 1. The summed E-state index contributed by atoms with van der Waals surface area (Å²) >= 11 is 0. The molecule has 3 N–H and O–H groups in total. The van der Waals surface area contributed by atoms with E-state index in [1.165, 1.54) is 0 Å². The Kier molecular flexibility index (Phi) is 5.05. The molecule has 0 saturated heterocycles. The van der Waals surface area contributed by atoms with Crippen molar-refractivity contribution in [2.24, 2.45) is 11.7 Å². The monoisotopic (exact) mass is 317 g/mol. The number of aromatic nitrogens is 3. The number of rotatable bonds is 6. The van der Waals surface area contributed by atoms with Crippen LogP contribution >= 0.6 is 0 Å². The Labute approximate surface area is 132 Å². The largest absolute Gasteiger partial charge is 0.368 e. The third-order valence-electron chi connectivity index (χ3n) is 3.76. The fourth-order valence-electron chi connectivity index (χ4n) is 2.21. The minimum absolute atomic E-state index is 0.101. The van der Waals surface area contributed by atoms with Crippen LogP contribution in [0.3, 0.4) is 0 Å². The van der Waals surface area contributed by atoms with E-state index in [9.17, 15) is 14.4 Å². The van der Waals surface area contributed by atoms with Crippen molar-refractivity contribution < 1.29 is 9.59 Å². The highest BCUT2D eigenvalue weighted by molar-refractivity contribution is 5.86. The Bertz CT molecular complexity index is 786. The third kappa shape index (κ3) is 3.71. The molecule has 0 fully saturated rings. The molecule has 0 aliphatic carbocycles. The van der Waals surface area contributed by atoms with Crippen LogP contribution in [0.2, 0.25) is 0 Å². The highest BCUT2D eigenvalue weighted by Gasteiger charge is 2.24. The molecule has 2 rings (SSSR count). The predicted molar refractivity (Wildman–Crippen MR) is 84.4 cm³/mol. The molecule has 0 spiro atoms. The van der Waals surface area contributed by atoms with Crippen LogP contribution in [0.15, 0.2) is 29.1 Å². The first-order valence-corrected chi connectivity index (χ1v) is 7.35. The highest BCUT2D eigenvalue weighted by Crippen LogP contribution is 2.07. The minimum Gasteiger partial charge on any atom is -0.368 e. The molecular formula is C15H19N5O3. The van der Waals surface area contributed by atoms with Crippen molar-refractivity contribution in [2.75, 3.05) is 0 Å². The quantitative estimate of drug-likeness (QED) is 0.765. The zero-order chi connectivity index (χ0) is 17.0. The van der Waals surface area contributed by atoms with Crippen LogP contribution in [-0.4, -0.2) is 32.9 Å². The summed E-state index contributed by atoms with van der Waals surface area (Å²) in [6, 6.07) is 5.96. The van der Waals surface area contributed by atoms with E-state index in [1.54, 1.807) is 24.3 Å². The zero-order valence-corrected chi connectivity index (χ0v) is 13.0. The van der Waals surface area contributed by atoms with E-state index < -0.39 is 23.4 Å². The smallest absolute Gasteiger partial charge is 0.278 e. The van der Waals surface area contributed by atoms with E-state index in [0.717, 1.165) is 4.68 Å². The van der Waals surface area contributed by atoms with Gasteiger partial charge < -0.3 is 11.1 Å². The van der Waals surface area contributed by atoms with Crippen LogP contribution < -0.4 is 16.6 Å². The maximum Gasteiger partial charge on any atom is 0.278 e. The van der Waals surface area contributed by atoms with Crippen LogP contribution in [0.4, 0.5) is 0 Å². The van der Waals surface area contributed by atoms with Crippen LogP contribution in [0.5, 0.6) is 0 Å². The summed E-state index contributed by atoms with van der Waals surface area (Å²) in [4.78, 5) is 35.8. The lowest BCUT2D eigenvalue weighted by atomic mass is 9.98. The van der Waals surface area contributed by atoms with E-state index in [1.807, 2.05) is 13.8 Å². The van der Waals surface area contributed by atoms with Crippen LogP contribution in [0.1, 0.15) is 20.3 Å². The number of hydrogen-bond donors (Lipinski definition) is 2. The van der Waals surface area contributed by atoms with E-state index in [4.69, 9.17) is 5.73 Å². The number of primary amides is 1. The molecular weight excluding hydrogens is 298 g/mol. The van der Waals surface area contributed by atoms with Gasteiger partial charge in [0.25, 0.3) is 5.56 Å². The van der Waals surface area contributed by atoms with Gasteiger partial charge in [-0.1, -0.05) is 37.6 Å². The number of nitrogens with zero attached hydrogens (tertiary/aromatic N) is 3. The van der Waals surface area contributed by atoms with Crippen LogP contribution in [0.25, 0.3) is 10.9 Å². The van der Waals surface area contributed by atoms with Crippen molar-refractivity contribution in [3.05, 3.63) is 34.6 Å². The molecule has 0 aliphatic heterocycles. The third-order valence-corrected chi connectivity index (χ3v) is 3.76. The van der Waals surface area contributed by atoms with E-state index in [-0.39, 0.29) is 12.5 Å². The van der Waals surface area contributed by atoms with Gasteiger partial charge in [-0.2, -0.15) is 0 Å². The summed E-state index contributed by atoms with van der Waals surface area (Å²) in [6.45, 7) is 3.39. The fourth-order valence-corrected chi connectivity index (χ4v) is 2.21. The Hall–Kier alpha value is -2.77. The number of hydrogen-bond acceptors (Lipinski definition) is 5. The Balaban J connectivity index is 2.19. The molecule has 2 aromatic rings. The van der Waals surface area contributed by atoms with Gasteiger partial charge in [-0.3, -0.25) is 14.4 Å². The second-order valence-electron chi connectivity index (χ2n) is 5.40. The van der Waals surface area contributed by atoms with Crippen molar-refractivity contribution in [2.45, 2.75) is 32.9 Å². The molecule has 0 radical (unpaired) electrons. The molecule has 2 amide bonds. The first-order valence-electron chi connectivity index (χ1n) is 7.35. The Morgan fingerprint density at radius 1 is 1.35 bits per heavy atom. The van der Waals surface area contributed by atoms with Crippen molar-refractivity contribution in [3.8, 4) is 0 Å². The normalized spacial score (nSPS) is 13.5. The topological polar surface area (TPSA) is 120 Å². The number of nitrogens with two attached hydrogens (primary N) is 1. The molecule has 2 atom stereocenters. The number of carbonyl (C=O) groups excluding carboxylic acids is 2. The molecule has 8 heteroatoms. The first-order chi connectivity index (χ1) is 10.9. The fraction of sp³-hybridized carbons (Fsp3) is 0.400. The predicted octanol–water partition coefficient (Wildman–Crippen LogP) is -0.192. The lowest BCUT2D eigenvalue weighted by Crippen LogP contribution is -2.49. The molecule has 0 aliphatic rings. The first kappa shape index (κ1) is 16.6. The van der Waals surface area contributed by atoms with Crippen molar-refractivity contribution >= 4 is 22.7 Å². The standard InChI is InChI=1S/C15H19N5O3/c1-3-9(2)13(14(16)22)17-12(21)8-20-15(23)10-6-4-5-7-11(10)18-19-20/h4-7,9,13H,3,8H2,1-2H3,(H2,16,22)(H,17,21). The van der Waals surface area contributed by atoms with Gasteiger partial charge >= 0.3 is 0 Å². The summed E-state index contributed by atoms with van der Waals surface area (Å²) in [5.41, 5.74) is 5.36. The summed E-state index contributed by atoms with van der Waals surface area (Å²) in [7, 11) is 0. The zero-order valence-electron chi connectivity index (χ0n) is 13.0.